The van der Waals surface area contributed by atoms with Crippen molar-refractivity contribution in [3.05, 3.63) is 94.0 Å². The van der Waals surface area contributed by atoms with Crippen molar-refractivity contribution in [1.82, 2.24) is 4.31 Å². The maximum atomic E-state index is 13.3. The highest BCUT2D eigenvalue weighted by Crippen LogP contribution is 2.30. The van der Waals surface area contributed by atoms with Crippen molar-refractivity contribution in [2.24, 2.45) is 0 Å². The summed E-state index contributed by atoms with van der Waals surface area (Å²) in [5.74, 6) is 0.750. The molecule has 9 nitrogen and oxygen atoms in total. The van der Waals surface area contributed by atoms with Gasteiger partial charge in [-0.2, -0.15) is 4.31 Å². The van der Waals surface area contributed by atoms with Crippen LogP contribution in [0.1, 0.15) is 11.1 Å². The zero-order chi connectivity index (χ0) is 24.0. The van der Waals surface area contributed by atoms with Gasteiger partial charge in [-0.1, -0.05) is 42.5 Å². The third-order valence-corrected chi connectivity index (χ3v) is 7.43. The third kappa shape index (κ3) is 5.53. The van der Waals surface area contributed by atoms with E-state index in [4.69, 9.17) is 9.47 Å². The molecule has 0 aliphatic carbocycles. The van der Waals surface area contributed by atoms with Crippen LogP contribution in [-0.2, 0) is 27.9 Å². The van der Waals surface area contributed by atoms with Crippen molar-refractivity contribution in [2.45, 2.75) is 18.0 Å². The molecule has 0 radical (unpaired) electrons. The monoisotopic (exact) mass is 483 g/mol. The summed E-state index contributed by atoms with van der Waals surface area (Å²) in [6, 6.07) is 21.0. The number of rotatable bonds is 9. The number of sulfonamides is 1. The molecule has 0 spiro atoms. The van der Waals surface area contributed by atoms with E-state index in [0.717, 1.165) is 22.9 Å². The van der Waals surface area contributed by atoms with E-state index in [-0.39, 0.29) is 36.9 Å². The molecule has 0 atom stereocenters. The minimum absolute atomic E-state index is 0.124. The molecule has 0 amide bonds. The molecular weight excluding hydrogens is 458 g/mol. The number of nitrogens with zero attached hydrogens (tertiary/aromatic N) is 2. The summed E-state index contributed by atoms with van der Waals surface area (Å²) in [6.45, 7) is 1.63. The van der Waals surface area contributed by atoms with Crippen LogP contribution in [0.4, 0.5) is 11.4 Å². The molecular formula is C24H25N3O6S. The second-order valence-corrected chi connectivity index (χ2v) is 9.58. The van der Waals surface area contributed by atoms with E-state index in [0.29, 0.717) is 18.8 Å². The van der Waals surface area contributed by atoms with Gasteiger partial charge in [0.2, 0.25) is 10.0 Å². The fraction of sp³-hybridized carbons (Fsp3) is 0.250. The highest BCUT2D eigenvalue weighted by Gasteiger charge is 2.30. The predicted molar refractivity (Wildman–Crippen MR) is 127 cm³/mol. The summed E-state index contributed by atoms with van der Waals surface area (Å²) in [4.78, 5) is 10.6. The Hall–Kier alpha value is -3.47. The Labute approximate surface area is 198 Å². The second kappa shape index (κ2) is 10.6. The number of nitro groups is 1. The zero-order valence-electron chi connectivity index (χ0n) is 18.4. The minimum atomic E-state index is -3.95. The van der Waals surface area contributed by atoms with Crippen LogP contribution in [0, 0.1) is 10.1 Å². The molecule has 0 unspecified atom stereocenters. The van der Waals surface area contributed by atoms with E-state index in [1.54, 1.807) is 0 Å². The van der Waals surface area contributed by atoms with Crippen LogP contribution in [-0.4, -0.2) is 43.9 Å². The molecule has 0 saturated carbocycles. The molecule has 0 aromatic heterocycles. The van der Waals surface area contributed by atoms with Gasteiger partial charge < -0.3 is 14.8 Å². The first-order valence-electron chi connectivity index (χ1n) is 10.8. The summed E-state index contributed by atoms with van der Waals surface area (Å²) >= 11 is 0. The molecule has 1 fully saturated rings. The van der Waals surface area contributed by atoms with Crippen molar-refractivity contribution < 1.29 is 22.8 Å². The lowest BCUT2D eigenvalue weighted by Crippen LogP contribution is -2.40. The number of benzene rings is 3. The van der Waals surface area contributed by atoms with Crippen LogP contribution in [0.5, 0.6) is 5.75 Å². The average molecular weight is 484 g/mol. The van der Waals surface area contributed by atoms with Crippen LogP contribution in [0.2, 0.25) is 0 Å². The fourth-order valence-corrected chi connectivity index (χ4v) is 5.24. The van der Waals surface area contributed by atoms with Crippen molar-refractivity contribution in [3.63, 3.8) is 0 Å². The van der Waals surface area contributed by atoms with Gasteiger partial charge in [-0.15, -0.1) is 0 Å². The molecule has 1 aliphatic heterocycles. The van der Waals surface area contributed by atoms with Gasteiger partial charge in [-0.3, -0.25) is 10.1 Å². The van der Waals surface area contributed by atoms with Crippen LogP contribution in [0.15, 0.2) is 77.7 Å². The van der Waals surface area contributed by atoms with Gasteiger partial charge in [0.05, 0.1) is 23.8 Å². The molecule has 1 heterocycles. The minimum Gasteiger partial charge on any atom is -0.489 e. The van der Waals surface area contributed by atoms with E-state index in [9.17, 15) is 18.5 Å². The highest BCUT2D eigenvalue weighted by atomic mass is 32.2. The number of hydrogen-bond acceptors (Lipinski definition) is 7. The van der Waals surface area contributed by atoms with Crippen LogP contribution in [0.3, 0.4) is 0 Å². The molecule has 3 aromatic rings. The average Bonchev–Trinajstić information content (AvgIpc) is 2.87. The van der Waals surface area contributed by atoms with E-state index >= 15 is 0 Å². The lowest BCUT2D eigenvalue weighted by Gasteiger charge is -2.27. The topological polar surface area (TPSA) is 111 Å². The summed E-state index contributed by atoms with van der Waals surface area (Å²) in [5, 5.41) is 14.5. The number of ether oxygens (including phenoxy) is 2. The molecule has 1 aliphatic rings. The van der Waals surface area contributed by atoms with E-state index in [2.05, 4.69) is 5.32 Å². The zero-order valence-corrected chi connectivity index (χ0v) is 19.2. The summed E-state index contributed by atoms with van der Waals surface area (Å²) < 4.78 is 39.0. The van der Waals surface area contributed by atoms with Gasteiger partial charge in [0.15, 0.2) is 0 Å². The molecule has 1 N–H and O–H groups in total. The molecule has 4 rings (SSSR count). The van der Waals surface area contributed by atoms with Gasteiger partial charge in [-0.05, 0) is 29.3 Å². The highest BCUT2D eigenvalue weighted by molar-refractivity contribution is 7.89. The lowest BCUT2D eigenvalue weighted by atomic mass is 10.1. The van der Waals surface area contributed by atoms with Crippen LogP contribution >= 0.6 is 0 Å². The van der Waals surface area contributed by atoms with E-state index in [1.807, 2.05) is 54.6 Å². The standard InChI is InChI=1S/C24H25N3O6S/c28-27(29)21-10-11-23(24(16-21)34(30,31)26-12-14-32-15-13-26)25-17-19-6-4-5-7-20(19)18-33-22-8-2-1-3-9-22/h1-11,16,25H,12-15,17-18H2. The Morgan fingerprint density at radius 2 is 1.65 bits per heavy atom. The maximum Gasteiger partial charge on any atom is 0.270 e. The Morgan fingerprint density at radius 1 is 0.971 bits per heavy atom. The number of nitrogens with one attached hydrogen (secondary N) is 1. The Kier molecular flexibility index (Phi) is 7.41. The van der Waals surface area contributed by atoms with Crippen molar-refractivity contribution in [2.75, 3.05) is 31.6 Å². The normalized spacial score (nSPS) is 14.5. The summed E-state index contributed by atoms with van der Waals surface area (Å²) in [5.41, 5.74) is 1.88. The summed E-state index contributed by atoms with van der Waals surface area (Å²) in [7, 11) is -3.95. The van der Waals surface area contributed by atoms with E-state index < -0.39 is 14.9 Å². The lowest BCUT2D eigenvalue weighted by molar-refractivity contribution is -0.385. The Bertz CT molecular complexity index is 1240. The Balaban J connectivity index is 1.57. The maximum absolute atomic E-state index is 13.3. The smallest absolute Gasteiger partial charge is 0.270 e. The number of para-hydroxylation sites is 1. The van der Waals surface area contributed by atoms with Gasteiger partial charge in [-0.25, -0.2) is 8.42 Å². The van der Waals surface area contributed by atoms with Gasteiger partial charge in [0, 0.05) is 31.8 Å². The SMILES string of the molecule is O=[N+]([O-])c1ccc(NCc2ccccc2COc2ccccc2)c(S(=O)(=O)N2CCOCC2)c1. The van der Waals surface area contributed by atoms with Crippen LogP contribution in [0.25, 0.3) is 0 Å². The molecule has 178 valence electrons. The molecule has 3 aromatic carbocycles. The first-order valence-corrected chi connectivity index (χ1v) is 12.2. The van der Waals surface area contributed by atoms with Crippen molar-refractivity contribution in [1.29, 1.82) is 0 Å². The van der Waals surface area contributed by atoms with Crippen molar-refractivity contribution in [3.8, 4) is 5.75 Å². The van der Waals surface area contributed by atoms with Gasteiger partial charge in [0.25, 0.3) is 5.69 Å². The van der Waals surface area contributed by atoms with E-state index in [1.165, 1.54) is 16.4 Å². The number of anilines is 1. The number of morpholine rings is 1. The first-order chi connectivity index (χ1) is 16.4. The fourth-order valence-electron chi connectivity index (χ4n) is 3.65. The first kappa shape index (κ1) is 23.7. The van der Waals surface area contributed by atoms with Crippen molar-refractivity contribution >= 4 is 21.4 Å². The van der Waals surface area contributed by atoms with Gasteiger partial charge in [0.1, 0.15) is 17.3 Å². The molecule has 34 heavy (non-hydrogen) atoms. The molecule has 0 bridgehead atoms. The largest absolute Gasteiger partial charge is 0.489 e. The molecule has 1 saturated heterocycles. The number of non-ortho nitro benzene ring substituents is 1. The summed E-state index contributed by atoms with van der Waals surface area (Å²) in [6.07, 6.45) is 0. The number of nitro benzene ring substituents is 1. The predicted octanol–water partition coefficient (Wildman–Crippen LogP) is 3.81. The Morgan fingerprint density at radius 3 is 2.35 bits per heavy atom. The third-order valence-electron chi connectivity index (χ3n) is 5.49. The van der Waals surface area contributed by atoms with Crippen LogP contribution < -0.4 is 10.1 Å². The van der Waals surface area contributed by atoms with Gasteiger partial charge >= 0.3 is 0 Å². The second-order valence-electron chi connectivity index (χ2n) is 7.68. The quantitative estimate of drug-likeness (QED) is 0.364. The molecule has 10 heteroatoms. The number of hydrogen-bond donors (Lipinski definition) is 1.